The first-order chi connectivity index (χ1) is 10.1. The zero-order valence-corrected chi connectivity index (χ0v) is 12.9. The molecule has 2 N–H and O–H groups in total. The van der Waals surface area contributed by atoms with Gasteiger partial charge in [-0.05, 0) is 30.3 Å². The second-order valence-corrected chi connectivity index (χ2v) is 6.56. The average Bonchev–Trinajstić information content (AvgIpc) is 2.48. The summed E-state index contributed by atoms with van der Waals surface area (Å²) in [5.41, 5.74) is 0.912. The molecule has 112 valence electrons. The first-order valence-corrected chi connectivity index (χ1v) is 8.30. The summed E-state index contributed by atoms with van der Waals surface area (Å²) in [5, 5.41) is 3.52. The molecule has 0 atom stereocenters. The number of pyridine rings is 1. The van der Waals surface area contributed by atoms with Crippen LogP contribution in [0, 0.1) is 0 Å². The van der Waals surface area contributed by atoms with Crippen molar-refractivity contribution >= 4 is 21.6 Å². The third-order valence-electron chi connectivity index (χ3n) is 2.73. The third-order valence-corrected chi connectivity index (χ3v) is 4.43. The summed E-state index contributed by atoms with van der Waals surface area (Å²) in [6, 6.07) is 11.8. The Morgan fingerprint density at radius 2 is 1.95 bits per heavy atom. The van der Waals surface area contributed by atoms with E-state index in [0.717, 1.165) is 5.69 Å². The molecule has 0 radical (unpaired) electrons. The summed E-state index contributed by atoms with van der Waals surface area (Å²) in [5.74, 6) is 0. The van der Waals surface area contributed by atoms with Crippen LogP contribution in [0.4, 0.5) is 0 Å². The van der Waals surface area contributed by atoms with Gasteiger partial charge in [0.1, 0.15) is 0 Å². The minimum absolute atomic E-state index is 0.166. The summed E-state index contributed by atoms with van der Waals surface area (Å²) in [4.78, 5) is 4.33. The van der Waals surface area contributed by atoms with Crippen molar-refractivity contribution < 1.29 is 8.42 Å². The molecule has 0 bridgehead atoms. The van der Waals surface area contributed by atoms with Crippen LogP contribution in [-0.4, -0.2) is 26.5 Å². The van der Waals surface area contributed by atoms with Gasteiger partial charge in [0, 0.05) is 30.9 Å². The van der Waals surface area contributed by atoms with Crippen LogP contribution in [-0.2, 0) is 16.6 Å². The largest absolute Gasteiger partial charge is 0.310 e. The highest BCUT2D eigenvalue weighted by molar-refractivity contribution is 7.89. The lowest BCUT2D eigenvalue weighted by Crippen LogP contribution is -2.31. The van der Waals surface area contributed by atoms with Crippen molar-refractivity contribution in [2.45, 2.75) is 11.4 Å². The smallest absolute Gasteiger partial charge is 0.240 e. The Labute approximate surface area is 129 Å². The predicted octanol–water partition coefficient (Wildman–Crippen LogP) is 1.80. The van der Waals surface area contributed by atoms with E-state index in [1.54, 1.807) is 18.3 Å². The van der Waals surface area contributed by atoms with Crippen LogP contribution in [0.3, 0.4) is 0 Å². The standard InChI is InChI=1S/C14H16ClN3O2S/c15-12-4-3-6-14(10-12)21(19,20)18-9-8-16-11-13-5-1-2-7-17-13/h1-7,10,16,18H,8-9,11H2. The van der Waals surface area contributed by atoms with Crippen molar-refractivity contribution in [2.75, 3.05) is 13.1 Å². The van der Waals surface area contributed by atoms with Crippen LogP contribution < -0.4 is 10.0 Å². The molecule has 0 spiro atoms. The first-order valence-electron chi connectivity index (χ1n) is 6.44. The van der Waals surface area contributed by atoms with Crippen molar-refractivity contribution in [3.8, 4) is 0 Å². The Hall–Kier alpha value is -1.47. The molecule has 1 aromatic heterocycles. The Kier molecular flexibility index (Phi) is 5.69. The van der Waals surface area contributed by atoms with Gasteiger partial charge in [-0.3, -0.25) is 4.98 Å². The van der Waals surface area contributed by atoms with Gasteiger partial charge in [0.2, 0.25) is 10.0 Å². The first kappa shape index (κ1) is 15.9. The number of aromatic nitrogens is 1. The van der Waals surface area contributed by atoms with Gasteiger partial charge < -0.3 is 5.32 Å². The fourth-order valence-corrected chi connectivity index (χ4v) is 3.04. The number of hydrogen-bond donors (Lipinski definition) is 2. The number of halogens is 1. The van der Waals surface area contributed by atoms with E-state index >= 15 is 0 Å². The maximum absolute atomic E-state index is 12.0. The molecular formula is C14H16ClN3O2S. The molecule has 1 heterocycles. The minimum atomic E-state index is -3.52. The maximum atomic E-state index is 12.0. The number of nitrogens with zero attached hydrogens (tertiary/aromatic N) is 1. The molecule has 0 aliphatic rings. The Morgan fingerprint density at radius 1 is 1.10 bits per heavy atom. The second kappa shape index (κ2) is 7.51. The van der Waals surface area contributed by atoms with Gasteiger partial charge in [-0.1, -0.05) is 23.7 Å². The van der Waals surface area contributed by atoms with Crippen LogP contribution in [0.15, 0.2) is 53.6 Å². The lowest BCUT2D eigenvalue weighted by atomic mass is 10.3. The van der Waals surface area contributed by atoms with E-state index in [4.69, 9.17) is 11.6 Å². The highest BCUT2D eigenvalue weighted by Crippen LogP contribution is 2.14. The number of hydrogen-bond acceptors (Lipinski definition) is 4. The minimum Gasteiger partial charge on any atom is -0.310 e. The molecule has 0 saturated carbocycles. The van der Waals surface area contributed by atoms with Crippen molar-refractivity contribution in [2.24, 2.45) is 0 Å². The number of rotatable bonds is 7. The van der Waals surface area contributed by atoms with Gasteiger partial charge in [0.25, 0.3) is 0 Å². The monoisotopic (exact) mass is 325 g/mol. The average molecular weight is 326 g/mol. The topological polar surface area (TPSA) is 71.1 Å². The summed E-state index contributed by atoms with van der Waals surface area (Å²) in [7, 11) is -3.52. The van der Waals surface area contributed by atoms with Gasteiger partial charge in [-0.25, -0.2) is 13.1 Å². The molecule has 2 rings (SSSR count). The van der Waals surface area contributed by atoms with E-state index in [0.29, 0.717) is 24.7 Å². The zero-order chi connectivity index (χ0) is 15.1. The number of sulfonamides is 1. The van der Waals surface area contributed by atoms with Gasteiger partial charge >= 0.3 is 0 Å². The van der Waals surface area contributed by atoms with E-state index in [-0.39, 0.29) is 4.90 Å². The maximum Gasteiger partial charge on any atom is 0.240 e. The quantitative estimate of drug-likeness (QED) is 0.762. The summed E-state index contributed by atoms with van der Waals surface area (Å²) >= 11 is 5.79. The Bertz CT molecular complexity index is 678. The molecule has 1 aromatic carbocycles. The molecule has 5 nitrogen and oxygen atoms in total. The normalized spacial score (nSPS) is 11.5. The molecular weight excluding hydrogens is 310 g/mol. The fraction of sp³-hybridized carbons (Fsp3) is 0.214. The van der Waals surface area contributed by atoms with E-state index < -0.39 is 10.0 Å². The van der Waals surface area contributed by atoms with Gasteiger partial charge in [-0.2, -0.15) is 0 Å². The molecule has 7 heteroatoms. The molecule has 0 aliphatic heterocycles. The van der Waals surface area contributed by atoms with Crippen LogP contribution in [0.5, 0.6) is 0 Å². The Morgan fingerprint density at radius 3 is 2.67 bits per heavy atom. The molecule has 21 heavy (non-hydrogen) atoms. The SMILES string of the molecule is O=S(=O)(NCCNCc1ccccn1)c1cccc(Cl)c1. The van der Waals surface area contributed by atoms with Crippen LogP contribution >= 0.6 is 11.6 Å². The van der Waals surface area contributed by atoms with E-state index in [1.807, 2.05) is 18.2 Å². The molecule has 0 fully saturated rings. The van der Waals surface area contributed by atoms with E-state index in [1.165, 1.54) is 12.1 Å². The van der Waals surface area contributed by atoms with E-state index in [2.05, 4.69) is 15.0 Å². The lowest BCUT2D eigenvalue weighted by molar-refractivity contribution is 0.575. The summed E-state index contributed by atoms with van der Waals surface area (Å²) in [6.45, 7) is 1.40. The molecule has 0 unspecified atom stereocenters. The van der Waals surface area contributed by atoms with Crippen LogP contribution in [0.25, 0.3) is 0 Å². The highest BCUT2D eigenvalue weighted by atomic mass is 35.5. The molecule has 0 aliphatic carbocycles. The highest BCUT2D eigenvalue weighted by Gasteiger charge is 2.12. The summed E-state index contributed by atoms with van der Waals surface area (Å²) in [6.07, 6.45) is 1.72. The van der Waals surface area contributed by atoms with Crippen molar-refractivity contribution in [1.82, 2.24) is 15.0 Å². The van der Waals surface area contributed by atoms with E-state index in [9.17, 15) is 8.42 Å². The molecule has 2 aromatic rings. The fourth-order valence-electron chi connectivity index (χ4n) is 1.71. The van der Waals surface area contributed by atoms with Crippen LogP contribution in [0.2, 0.25) is 5.02 Å². The number of benzene rings is 1. The third kappa shape index (κ3) is 5.09. The van der Waals surface area contributed by atoms with Crippen molar-refractivity contribution in [3.63, 3.8) is 0 Å². The van der Waals surface area contributed by atoms with Crippen LogP contribution in [0.1, 0.15) is 5.69 Å². The molecule has 0 saturated heterocycles. The van der Waals surface area contributed by atoms with Gasteiger partial charge in [-0.15, -0.1) is 0 Å². The van der Waals surface area contributed by atoms with Crippen molar-refractivity contribution in [3.05, 3.63) is 59.4 Å². The zero-order valence-electron chi connectivity index (χ0n) is 11.3. The summed E-state index contributed by atoms with van der Waals surface area (Å²) < 4.78 is 26.5. The van der Waals surface area contributed by atoms with Gasteiger partial charge in [0.15, 0.2) is 0 Å². The molecule has 0 amide bonds. The lowest BCUT2D eigenvalue weighted by Gasteiger charge is -2.08. The Balaban J connectivity index is 1.78. The predicted molar refractivity (Wildman–Crippen MR) is 82.6 cm³/mol. The van der Waals surface area contributed by atoms with Gasteiger partial charge in [0.05, 0.1) is 10.6 Å². The second-order valence-electron chi connectivity index (χ2n) is 4.35. The number of nitrogens with one attached hydrogen (secondary N) is 2. The van der Waals surface area contributed by atoms with Crippen molar-refractivity contribution in [1.29, 1.82) is 0 Å².